The van der Waals surface area contributed by atoms with Gasteiger partial charge in [-0.2, -0.15) is 5.26 Å². The van der Waals surface area contributed by atoms with Gasteiger partial charge in [0.1, 0.15) is 11.1 Å². The number of likely N-dealkylation sites (tertiary alicyclic amines) is 1. The van der Waals surface area contributed by atoms with Crippen molar-refractivity contribution in [2.75, 3.05) is 30.3 Å². The highest BCUT2D eigenvalue weighted by atomic mass is 16.6. The van der Waals surface area contributed by atoms with Crippen molar-refractivity contribution in [2.24, 2.45) is 5.92 Å². The molecule has 7 heteroatoms. The second-order valence-corrected chi connectivity index (χ2v) is 9.41. The van der Waals surface area contributed by atoms with Crippen LogP contribution in [0.1, 0.15) is 58.4 Å². The lowest BCUT2D eigenvalue weighted by atomic mass is 9.78. The van der Waals surface area contributed by atoms with E-state index >= 15 is 0 Å². The van der Waals surface area contributed by atoms with Gasteiger partial charge >= 0.3 is 6.09 Å². The number of anilines is 2. The summed E-state index contributed by atoms with van der Waals surface area (Å²) in [7, 11) is 0. The number of ether oxygens (including phenoxy) is 1. The summed E-state index contributed by atoms with van der Waals surface area (Å²) in [5, 5.41) is 24.0. The fraction of sp³-hybridized carbons (Fsp3) is 0.609. The number of carbonyl (C=O) groups excluding carboxylic acids is 1. The van der Waals surface area contributed by atoms with Crippen LogP contribution in [0.15, 0.2) is 18.2 Å². The average Bonchev–Trinajstić information content (AvgIpc) is 2.68. The third-order valence-electron chi connectivity index (χ3n) is 5.86. The summed E-state index contributed by atoms with van der Waals surface area (Å²) in [5.74, 6) is 0.469. The van der Waals surface area contributed by atoms with E-state index in [4.69, 9.17) is 10.1 Å². The molecule has 2 aliphatic rings. The van der Waals surface area contributed by atoms with Gasteiger partial charge in [-0.15, -0.1) is 0 Å². The summed E-state index contributed by atoms with van der Waals surface area (Å²) in [6.07, 6.45) is 5.77. The Balaban J connectivity index is 1.51. The van der Waals surface area contributed by atoms with Gasteiger partial charge in [-0.3, -0.25) is 0 Å². The van der Waals surface area contributed by atoms with Crippen molar-refractivity contribution in [3.05, 3.63) is 23.8 Å². The molecule has 7 nitrogen and oxygen atoms in total. The number of rotatable bonds is 6. The topological polar surface area (TPSA) is 101 Å². The molecule has 0 spiro atoms. The maximum atomic E-state index is 12.2. The number of carbonyl (C=O) groups is 1. The molecule has 1 aliphatic heterocycles. The molecule has 1 aromatic carbocycles. The summed E-state index contributed by atoms with van der Waals surface area (Å²) in [6, 6.07) is 8.26. The van der Waals surface area contributed by atoms with Crippen LogP contribution in [0, 0.1) is 22.7 Å². The Labute approximate surface area is 179 Å². The molecule has 0 atom stereocenters. The molecule has 0 unspecified atom stereocenters. The van der Waals surface area contributed by atoms with Gasteiger partial charge in [-0.25, -0.2) is 4.79 Å². The number of hydrogen-bond donors (Lipinski definition) is 3. The molecule has 0 aromatic heterocycles. The summed E-state index contributed by atoms with van der Waals surface area (Å²) < 4.78 is 5.46. The van der Waals surface area contributed by atoms with E-state index in [1.165, 1.54) is 6.21 Å². The van der Waals surface area contributed by atoms with E-state index in [-0.39, 0.29) is 6.09 Å². The highest BCUT2D eigenvalue weighted by Crippen LogP contribution is 2.35. The Morgan fingerprint density at radius 2 is 2.07 bits per heavy atom. The number of nitrogens with one attached hydrogen (secondary N) is 3. The highest BCUT2D eigenvalue weighted by molar-refractivity contribution is 5.87. The quantitative estimate of drug-likeness (QED) is 0.594. The van der Waals surface area contributed by atoms with E-state index in [9.17, 15) is 10.1 Å². The lowest BCUT2D eigenvalue weighted by Gasteiger charge is -2.37. The third kappa shape index (κ3) is 5.44. The van der Waals surface area contributed by atoms with Gasteiger partial charge in [0.2, 0.25) is 0 Å². The second kappa shape index (κ2) is 8.95. The number of amides is 1. The van der Waals surface area contributed by atoms with Crippen molar-refractivity contribution in [1.29, 1.82) is 10.7 Å². The molecule has 1 amide bonds. The van der Waals surface area contributed by atoms with Gasteiger partial charge < -0.3 is 25.7 Å². The van der Waals surface area contributed by atoms with Crippen molar-refractivity contribution >= 4 is 23.7 Å². The number of nitrogens with zero attached hydrogens (tertiary/aromatic N) is 2. The monoisotopic (exact) mass is 411 g/mol. The van der Waals surface area contributed by atoms with Crippen molar-refractivity contribution in [1.82, 2.24) is 4.90 Å². The zero-order valence-electron chi connectivity index (χ0n) is 18.3. The molecule has 0 bridgehead atoms. The molecule has 1 saturated carbocycles. The van der Waals surface area contributed by atoms with Gasteiger partial charge in [-0.05, 0) is 77.0 Å². The fourth-order valence-corrected chi connectivity index (χ4v) is 3.89. The lowest BCUT2D eigenvalue weighted by Crippen LogP contribution is -2.43. The van der Waals surface area contributed by atoms with Crippen LogP contribution in [0.5, 0.6) is 0 Å². The van der Waals surface area contributed by atoms with Gasteiger partial charge in [0.15, 0.2) is 0 Å². The largest absolute Gasteiger partial charge is 0.444 e. The molecular weight excluding hydrogens is 378 g/mol. The molecule has 0 radical (unpaired) electrons. The molecule has 30 heavy (non-hydrogen) atoms. The van der Waals surface area contributed by atoms with Crippen LogP contribution in [0.3, 0.4) is 0 Å². The SMILES string of the molecule is CC(C)(C)OC(=O)N1CCC(CNc2ccc(NC3(C#N)CCC3)cc2C=N)CC1. The Bertz CT molecular complexity index is 812. The summed E-state index contributed by atoms with van der Waals surface area (Å²) >= 11 is 0. The standard InChI is InChI=1S/C23H33N5O2/c1-22(2,3)30-21(29)28-11-7-17(8-12-28)15-26-20-6-5-19(13-18(20)14-24)27-23(16-25)9-4-10-23/h5-6,13-14,17,24,26-27H,4,7-12,15H2,1-3H3. The predicted octanol–water partition coefficient (Wildman–Crippen LogP) is 4.60. The van der Waals surface area contributed by atoms with E-state index in [0.29, 0.717) is 19.0 Å². The van der Waals surface area contributed by atoms with E-state index in [0.717, 1.165) is 55.6 Å². The first-order valence-electron chi connectivity index (χ1n) is 10.8. The van der Waals surface area contributed by atoms with Crippen LogP contribution >= 0.6 is 0 Å². The van der Waals surface area contributed by atoms with Crippen LogP contribution < -0.4 is 10.6 Å². The molecule has 2 fully saturated rings. The Morgan fingerprint density at radius 1 is 1.37 bits per heavy atom. The summed E-state index contributed by atoms with van der Waals surface area (Å²) in [4.78, 5) is 14.0. The maximum Gasteiger partial charge on any atom is 0.410 e. The van der Waals surface area contributed by atoms with Crippen LogP contribution in [0.25, 0.3) is 0 Å². The van der Waals surface area contributed by atoms with E-state index in [2.05, 4.69) is 16.7 Å². The van der Waals surface area contributed by atoms with Gasteiger partial charge in [0, 0.05) is 42.8 Å². The van der Waals surface area contributed by atoms with E-state index in [1.54, 1.807) is 4.90 Å². The molecule has 1 aliphatic carbocycles. The van der Waals surface area contributed by atoms with E-state index < -0.39 is 11.1 Å². The molecule has 1 saturated heterocycles. The zero-order chi connectivity index (χ0) is 21.8. The van der Waals surface area contributed by atoms with Crippen LogP contribution in [0.4, 0.5) is 16.2 Å². The third-order valence-corrected chi connectivity index (χ3v) is 5.86. The normalized spacial score (nSPS) is 18.7. The van der Waals surface area contributed by atoms with Crippen molar-refractivity contribution in [2.45, 2.75) is 64.0 Å². The minimum absolute atomic E-state index is 0.232. The zero-order valence-corrected chi connectivity index (χ0v) is 18.3. The molecule has 162 valence electrons. The van der Waals surface area contributed by atoms with Crippen molar-refractivity contribution < 1.29 is 9.53 Å². The summed E-state index contributed by atoms with van der Waals surface area (Å²) in [6.45, 7) is 7.87. The molecule has 1 aromatic rings. The number of piperidine rings is 1. The van der Waals surface area contributed by atoms with Gasteiger partial charge in [-0.1, -0.05) is 0 Å². The minimum atomic E-state index is -0.467. The van der Waals surface area contributed by atoms with Crippen molar-refractivity contribution in [3.63, 3.8) is 0 Å². The first-order chi connectivity index (χ1) is 14.2. The Morgan fingerprint density at radius 3 is 2.60 bits per heavy atom. The number of nitriles is 1. The maximum absolute atomic E-state index is 12.2. The first-order valence-corrected chi connectivity index (χ1v) is 10.8. The van der Waals surface area contributed by atoms with Crippen LogP contribution in [0.2, 0.25) is 0 Å². The molecule has 1 heterocycles. The highest BCUT2D eigenvalue weighted by Gasteiger charge is 2.37. The number of benzene rings is 1. The van der Waals surface area contributed by atoms with E-state index in [1.807, 2.05) is 39.0 Å². The minimum Gasteiger partial charge on any atom is -0.444 e. The summed E-state index contributed by atoms with van der Waals surface area (Å²) in [5.41, 5.74) is 1.69. The smallest absolute Gasteiger partial charge is 0.410 e. The van der Waals surface area contributed by atoms with Crippen LogP contribution in [-0.2, 0) is 4.74 Å². The Hall–Kier alpha value is -2.75. The first kappa shape index (κ1) is 21.9. The second-order valence-electron chi connectivity index (χ2n) is 9.41. The Kier molecular flexibility index (Phi) is 6.55. The number of hydrogen-bond acceptors (Lipinski definition) is 6. The van der Waals surface area contributed by atoms with Crippen molar-refractivity contribution in [3.8, 4) is 6.07 Å². The molecule has 3 N–H and O–H groups in total. The van der Waals surface area contributed by atoms with Gasteiger partial charge in [0.25, 0.3) is 0 Å². The molecule has 3 rings (SSSR count). The lowest BCUT2D eigenvalue weighted by molar-refractivity contribution is 0.0188. The predicted molar refractivity (Wildman–Crippen MR) is 119 cm³/mol. The fourth-order valence-electron chi connectivity index (χ4n) is 3.89. The van der Waals surface area contributed by atoms with Gasteiger partial charge in [0.05, 0.1) is 6.07 Å². The average molecular weight is 412 g/mol. The molecular formula is C23H33N5O2. The van der Waals surface area contributed by atoms with Crippen LogP contribution in [-0.4, -0.2) is 48.0 Å².